The molecule has 2 aromatic rings. The quantitative estimate of drug-likeness (QED) is 0.792. The molecule has 106 valence electrons. The number of hydrogen-bond acceptors (Lipinski definition) is 3. The maximum Gasteiger partial charge on any atom is 0.173 e. The number of rotatable bonds is 3. The molecule has 0 aliphatic carbocycles. The van der Waals surface area contributed by atoms with Gasteiger partial charge in [-0.05, 0) is 18.2 Å². The monoisotopic (exact) mass is 344 g/mol. The molecule has 0 fully saturated rings. The van der Waals surface area contributed by atoms with Gasteiger partial charge in [0, 0.05) is 16.5 Å². The topological polar surface area (TPSA) is 43.4 Å². The summed E-state index contributed by atoms with van der Waals surface area (Å²) in [4.78, 5) is 24.7. The Labute approximate surface area is 131 Å². The van der Waals surface area contributed by atoms with Crippen molar-refractivity contribution >= 4 is 27.5 Å². The highest BCUT2D eigenvalue weighted by molar-refractivity contribution is 9.10. The fourth-order valence-electron chi connectivity index (χ4n) is 2.42. The second-order valence-corrected chi connectivity index (χ2v) is 5.92. The van der Waals surface area contributed by atoms with Gasteiger partial charge in [-0.3, -0.25) is 9.59 Å². The normalized spacial score (nSPS) is 17.0. The Morgan fingerprint density at radius 2 is 1.95 bits per heavy atom. The lowest BCUT2D eigenvalue weighted by Gasteiger charge is -2.23. The summed E-state index contributed by atoms with van der Waals surface area (Å²) in [5.41, 5.74) is 1.17. The molecule has 0 spiro atoms. The maximum absolute atomic E-state index is 12.5. The van der Waals surface area contributed by atoms with Gasteiger partial charge >= 0.3 is 0 Å². The van der Waals surface area contributed by atoms with Gasteiger partial charge in [-0.1, -0.05) is 46.3 Å². The number of carbonyl (C=O) groups is 2. The standard InChI is InChI=1S/C17H13BrO3/c18-13-6-7-16-14(9-13)17(20)12(10-21-16)8-15(19)11-4-2-1-3-5-11/h1-7,9,12H,8,10H2. The molecule has 4 heteroatoms. The van der Waals surface area contributed by atoms with E-state index in [0.717, 1.165) is 4.47 Å². The van der Waals surface area contributed by atoms with Crippen LogP contribution in [-0.2, 0) is 0 Å². The van der Waals surface area contributed by atoms with Crippen LogP contribution >= 0.6 is 15.9 Å². The average molecular weight is 345 g/mol. The summed E-state index contributed by atoms with van der Waals surface area (Å²) in [6.45, 7) is 0.256. The average Bonchev–Trinajstić information content (AvgIpc) is 2.51. The molecule has 2 aromatic carbocycles. The number of carbonyl (C=O) groups excluding carboxylic acids is 2. The minimum atomic E-state index is -0.417. The molecular weight excluding hydrogens is 332 g/mol. The number of hydrogen-bond donors (Lipinski definition) is 0. The van der Waals surface area contributed by atoms with Crippen molar-refractivity contribution < 1.29 is 14.3 Å². The molecule has 0 bridgehead atoms. The van der Waals surface area contributed by atoms with Gasteiger partial charge in [0.15, 0.2) is 11.6 Å². The fourth-order valence-corrected chi connectivity index (χ4v) is 2.78. The minimum Gasteiger partial charge on any atom is -0.492 e. The Hall–Kier alpha value is -1.94. The third kappa shape index (κ3) is 2.90. The molecule has 0 radical (unpaired) electrons. The number of Topliss-reactive ketones (excluding diaryl/α,β-unsaturated/α-hetero) is 2. The van der Waals surface area contributed by atoms with Gasteiger partial charge < -0.3 is 4.74 Å². The van der Waals surface area contributed by atoms with Gasteiger partial charge in [-0.2, -0.15) is 0 Å². The van der Waals surface area contributed by atoms with Gasteiger partial charge in [0.1, 0.15) is 5.75 Å². The minimum absolute atomic E-state index is 0.0261. The van der Waals surface area contributed by atoms with E-state index >= 15 is 0 Å². The van der Waals surface area contributed by atoms with Crippen molar-refractivity contribution in [1.29, 1.82) is 0 Å². The number of ketones is 2. The van der Waals surface area contributed by atoms with Crippen molar-refractivity contribution in [2.75, 3.05) is 6.61 Å². The number of benzene rings is 2. The summed E-state index contributed by atoms with van der Waals surface area (Å²) >= 11 is 3.35. The largest absolute Gasteiger partial charge is 0.492 e. The predicted octanol–water partition coefficient (Wildman–Crippen LogP) is 3.91. The van der Waals surface area contributed by atoms with E-state index in [1.54, 1.807) is 24.3 Å². The highest BCUT2D eigenvalue weighted by Gasteiger charge is 2.30. The summed E-state index contributed by atoms with van der Waals surface area (Å²) in [5.74, 6) is 0.115. The molecule has 3 nitrogen and oxygen atoms in total. The number of ether oxygens (including phenoxy) is 1. The van der Waals surface area contributed by atoms with Crippen LogP contribution < -0.4 is 4.74 Å². The highest BCUT2D eigenvalue weighted by Crippen LogP contribution is 2.31. The zero-order chi connectivity index (χ0) is 14.8. The third-order valence-corrected chi connectivity index (χ3v) is 4.04. The SMILES string of the molecule is O=C(CC1COc2ccc(Br)cc2C1=O)c1ccccc1. The first-order valence-corrected chi connectivity index (χ1v) is 7.49. The van der Waals surface area contributed by atoms with Crippen LogP contribution in [0, 0.1) is 5.92 Å². The van der Waals surface area contributed by atoms with Gasteiger partial charge in [0.2, 0.25) is 0 Å². The van der Waals surface area contributed by atoms with Crippen LogP contribution in [0.5, 0.6) is 5.75 Å². The summed E-state index contributed by atoms with van der Waals surface area (Å²) < 4.78 is 6.43. The molecule has 0 saturated carbocycles. The van der Waals surface area contributed by atoms with E-state index in [0.29, 0.717) is 16.9 Å². The van der Waals surface area contributed by atoms with Crippen LogP contribution in [0.3, 0.4) is 0 Å². The Kier molecular flexibility index (Phi) is 3.88. The van der Waals surface area contributed by atoms with E-state index in [9.17, 15) is 9.59 Å². The predicted molar refractivity (Wildman–Crippen MR) is 82.8 cm³/mol. The van der Waals surface area contributed by atoms with Crippen LogP contribution in [0.15, 0.2) is 53.0 Å². The van der Waals surface area contributed by atoms with Crippen LogP contribution in [0.2, 0.25) is 0 Å². The van der Waals surface area contributed by atoms with Gasteiger partial charge in [-0.15, -0.1) is 0 Å². The summed E-state index contributed by atoms with van der Waals surface area (Å²) in [7, 11) is 0. The van der Waals surface area contributed by atoms with Crippen molar-refractivity contribution in [3.8, 4) is 5.75 Å². The number of halogens is 1. The van der Waals surface area contributed by atoms with Crippen LogP contribution in [-0.4, -0.2) is 18.2 Å². The highest BCUT2D eigenvalue weighted by atomic mass is 79.9. The summed E-state index contributed by atoms with van der Waals surface area (Å²) in [6, 6.07) is 14.4. The Balaban J connectivity index is 1.79. The molecule has 1 unspecified atom stereocenters. The molecule has 1 atom stereocenters. The molecule has 1 heterocycles. The maximum atomic E-state index is 12.5. The Morgan fingerprint density at radius 1 is 1.19 bits per heavy atom. The van der Waals surface area contributed by atoms with Crippen LogP contribution in [0.1, 0.15) is 27.1 Å². The molecule has 1 aliphatic heterocycles. The van der Waals surface area contributed by atoms with Gasteiger partial charge in [-0.25, -0.2) is 0 Å². The molecule has 1 aliphatic rings. The van der Waals surface area contributed by atoms with E-state index in [4.69, 9.17) is 4.74 Å². The van der Waals surface area contributed by atoms with Crippen molar-refractivity contribution in [3.05, 3.63) is 64.1 Å². The molecule has 3 rings (SSSR count). The lowest BCUT2D eigenvalue weighted by molar-refractivity contribution is 0.0768. The number of fused-ring (bicyclic) bond motifs is 1. The van der Waals surface area contributed by atoms with Crippen molar-refractivity contribution in [1.82, 2.24) is 0 Å². The second-order valence-electron chi connectivity index (χ2n) is 5.01. The molecule has 0 saturated heterocycles. The van der Waals surface area contributed by atoms with Crippen molar-refractivity contribution in [3.63, 3.8) is 0 Å². The molecule has 21 heavy (non-hydrogen) atoms. The van der Waals surface area contributed by atoms with Gasteiger partial charge in [0.05, 0.1) is 18.1 Å². The van der Waals surface area contributed by atoms with Crippen LogP contribution in [0.25, 0.3) is 0 Å². The van der Waals surface area contributed by atoms with Gasteiger partial charge in [0.25, 0.3) is 0 Å². The lowest BCUT2D eigenvalue weighted by Crippen LogP contribution is -2.29. The Morgan fingerprint density at radius 3 is 2.71 bits per heavy atom. The van der Waals surface area contributed by atoms with Crippen LogP contribution in [0.4, 0.5) is 0 Å². The third-order valence-electron chi connectivity index (χ3n) is 3.55. The lowest BCUT2D eigenvalue weighted by atomic mass is 9.89. The van der Waals surface area contributed by atoms with E-state index in [2.05, 4.69) is 15.9 Å². The zero-order valence-corrected chi connectivity index (χ0v) is 12.8. The Bertz CT molecular complexity index is 694. The van der Waals surface area contributed by atoms with E-state index < -0.39 is 5.92 Å². The second kappa shape index (κ2) is 5.82. The van der Waals surface area contributed by atoms with E-state index in [1.165, 1.54) is 0 Å². The van der Waals surface area contributed by atoms with E-state index in [-0.39, 0.29) is 24.6 Å². The first-order chi connectivity index (χ1) is 10.1. The van der Waals surface area contributed by atoms with Crippen molar-refractivity contribution in [2.45, 2.75) is 6.42 Å². The molecule has 0 N–H and O–H groups in total. The summed E-state index contributed by atoms with van der Waals surface area (Å²) in [5, 5.41) is 0. The zero-order valence-electron chi connectivity index (χ0n) is 11.2. The molecular formula is C17H13BrO3. The molecule has 0 amide bonds. The first-order valence-electron chi connectivity index (χ1n) is 6.70. The van der Waals surface area contributed by atoms with Crippen molar-refractivity contribution in [2.24, 2.45) is 5.92 Å². The molecule has 0 aromatic heterocycles. The summed E-state index contributed by atoms with van der Waals surface area (Å²) in [6.07, 6.45) is 0.175. The first kappa shape index (κ1) is 14.0. The fraction of sp³-hybridized carbons (Fsp3) is 0.176. The smallest absolute Gasteiger partial charge is 0.173 e. The van der Waals surface area contributed by atoms with E-state index in [1.807, 2.05) is 24.3 Å².